The summed E-state index contributed by atoms with van der Waals surface area (Å²) in [7, 11) is 0. The zero-order chi connectivity index (χ0) is 19.0. The lowest BCUT2D eigenvalue weighted by Crippen LogP contribution is -2.23. The Morgan fingerprint density at radius 1 is 1.42 bits per heavy atom. The maximum Gasteiger partial charge on any atom is 0.377 e. The monoisotopic (exact) mass is 394 g/mol. The molecule has 0 saturated carbocycles. The minimum Gasteiger partial charge on any atom is -0.751 e. The summed E-state index contributed by atoms with van der Waals surface area (Å²) in [5.74, 6) is -0.306. The molecule has 0 saturated heterocycles. The number of hydrogen-bond donors (Lipinski definition) is 0. The molecule has 0 fully saturated rings. The van der Waals surface area contributed by atoms with Crippen LogP contribution in [0.4, 0.5) is 5.69 Å². The molecule has 3 rings (SSSR count). The van der Waals surface area contributed by atoms with E-state index < -0.39 is 21.0 Å². The van der Waals surface area contributed by atoms with Crippen molar-refractivity contribution in [3.05, 3.63) is 80.5 Å². The molecular formula is C16H12Cl2N4O4. The third-order valence-corrected chi connectivity index (χ3v) is 4.07. The number of hydrogen-bond acceptors (Lipinski definition) is 5. The van der Waals surface area contributed by atoms with Crippen LogP contribution in [0.3, 0.4) is 0 Å². The van der Waals surface area contributed by atoms with Gasteiger partial charge < -0.3 is 15.0 Å². The molecule has 8 nitrogen and oxygen atoms in total. The molecule has 0 amide bonds. The van der Waals surface area contributed by atoms with Gasteiger partial charge in [-0.3, -0.25) is 10.1 Å². The van der Waals surface area contributed by atoms with Crippen molar-refractivity contribution in [1.29, 1.82) is 0 Å². The molecule has 10 heteroatoms. The molecule has 1 aliphatic heterocycles. The van der Waals surface area contributed by atoms with Crippen LogP contribution < -0.4 is 14.4 Å². The summed E-state index contributed by atoms with van der Waals surface area (Å²) in [6.45, 7) is 5.29. The summed E-state index contributed by atoms with van der Waals surface area (Å²) >= 11 is 11.8. The van der Waals surface area contributed by atoms with Gasteiger partial charge in [-0.05, 0) is 18.6 Å². The number of aromatic nitrogens is 2. The van der Waals surface area contributed by atoms with E-state index in [1.54, 1.807) is 31.3 Å². The first-order valence-corrected chi connectivity index (χ1v) is 8.01. The Balaban J connectivity index is 2.22. The van der Waals surface area contributed by atoms with Crippen molar-refractivity contribution in [3.63, 3.8) is 0 Å². The van der Waals surface area contributed by atoms with Gasteiger partial charge in [0.05, 0.1) is 16.8 Å². The number of hydroxylamine groups is 1. The Labute approximate surface area is 158 Å². The number of imidazole rings is 1. The van der Waals surface area contributed by atoms with Crippen LogP contribution in [0.2, 0.25) is 0 Å². The predicted octanol–water partition coefficient (Wildman–Crippen LogP) is 3.63. The van der Waals surface area contributed by atoms with Gasteiger partial charge in [0, 0.05) is 0 Å². The van der Waals surface area contributed by atoms with Gasteiger partial charge in [0.1, 0.15) is 12.4 Å². The molecule has 2 aromatic rings. The Hall–Kier alpha value is -2.81. The van der Waals surface area contributed by atoms with Crippen LogP contribution in [-0.2, 0) is 0 Å². The first kappa shape index (κ1) is 18.0. The molecule has 0 spiro atoms. The summed E-state index contributed by atoms with van der Waals surface area (Å²) in [4.78, 5) is 11.0. The van der Waals surface area contributed by atoms with Crippen LogP contribution in [0.15, 0.2) is 59.6 Å². The van der Waals surface area contributed by atoms with E-state index in [9.17, 15) is 15.3 Å². The van der Waals surface area contributed by atoms with E-state index in [0.717, 1.165) is 0 Å². The number of halogens is 2. The van der Waals surface area contributed by atoms with Crippen LogP contribution in [-0.4, -0.2) is 9.49 Å². The van der Waals surface area contributed by atoms with Gasteiger partial charge in [0.25, 0.3) is 12.2 Å². The molecule has 0 N–H and O–H groups in total. The molecule has 1 aromatic heterocycles. The summed E-state index contributed by atoms with van der Waals surface area (Å²) < 4.78 is 7.90. The summed E-state index contributed by atoms with van der Waals surface area (Å²) in [6, 6.07) is 4.93. The van der Waals surface area contributed by atoms with Crippen LogP contribution in [0.25, 0.3) is 11.9 Å². The molecule has 0 unspecified atom stereocenters. The van der Waals surface area contributed by atoms with Gasteiger partial charge in [0.2, 0.25) is 5.70 Å². The van der Waals surface area contributed by atoms with Gasteiger partial charge in [-0.25, -0.2) is 4.57 Å². The molecule has 1 aliphatic rings. The largest absolute Gasteiger partial charge is 0.751 e. The van der Waals surface area contributed by atoms with Gasteiger partial charge in [-0.2, -0.15) is 4.57 Å². The van der Waals surface area contributed by atoms with Crippen LogP contribution in [0, 0.1) is 22.2 Å². The van der Waals surface area contributed by atoms with Crippen molar-refractivity contribution in [2.75, 3.05) is 5.06 Å². The van der Waals surface area contributed by atoms with Crippen molar-refractivity contribution in [1.82, 2.24) is 4.57 Å². The van der Waals surface area contributed by atoms with Crippen molar-refractivity contribution in [2.24, 2.45) is 0 Å². The second-order valence-corrected chi connectivity index (χ2v) is 6.24. The number of rotatable bonds is 4. The number of fused-ring (bicyclic) bond motifs is 1. The van der Waals surface area contributed by atoms with Crippen molar-refractivity contribution in [3.8, 4) is 5.75 Å². The van der Waals surface area contributed by atoms with Gasteiger partial charge in [-0.1, -0.05) is 41.9 Å². The van der Waals surface area contributed by atoms with Crippen molar-refractivity contribution < 1.29 is 14.2 Å². The second-order valence-electron chi connectivity index (χ2n) is 5.29. The fourth-order valence-electron chi connectivity index (χ4n) is 2.55. The highest BCUT2D eigenvalue weighted by Gasteiger charge is 2.38. The Kier molecular flexibility index (Phi) is 4.73. The quantitative estimate of drug-likeness (QED) is 0.448. The third-order valence-electron chi connectivity index (χ3n) is 3.71. The van der Waals surface area contributed by atoms with Crippen molar-refractivity contribution in [2.45, 2.75) is 6.92 Å². The fraction of sp³-hybridized carbons (Fsp3) is 0.0625. The first-order valence-electron chi connectivity index (χ1n) is 7.25. The zero-order valence-corrected chi connectivity index (χ0v) is 14.9. The lowest BCUT2D eigenvalue weighted by Gasteiger charge is -2.24. The summed E-state index contributed by atoms with van der Waals surface area (Å²) in [5.41, 5.74) is -0.0635. The molecular weight excluding hydrogens is 383 g/mol. The highest BCUT2D eigenvalue weighted by atomic mass is 35.5. The molecule has 0 bridgehead atoms. The molecule has 1 aromatic carbocycles. The maximum atomic E-state index is 12.7. The average molecular weight is 395 g/mol. The van der Waals surface area contributed by atoms with E-state index in [4.69, 9.17) is 27.9 Å². The van der Waals surface area contributed by atoms with Crippen LogP contribution in [0.1, 0.15) is 5.56 Å². The summed E-state index contributed by atoms with van der Waals surface area (Å²) in [6.07, 6.45) is 5.99. The Bertz CT molecular complexity index is 976. The molecule has 134 valence electrons. The van der Waals surface area contributed by atoms with E-state index >= 15 is 0 Å². The van der Waals surface area contributed by atoms with Crippen molar-refractivity contribution >= 4 is 40.8 Å². The predicted molar refractivity (Wildman–Crippen MR) is 97.6 cm³/mol. The molecule has 0 radical (unpaired) electrons. The van der Waals surface area contributed by atoms with E-state index in [2.05, 4.69) is 6.58 Å². The lowest BCUT2D eigenvalue weighted by molar-refractivity contribution is -0.566. The number of anilines is 1. The van der Waals surface area contributed by atoms with E-state index in [1.165, 1.54) is 27.9 Å². The molecule has 0 aliphatic carbocycles. The van der Waals surface area contributed by atoms with Gasteiger partial charge >= 0.3 is 5.70 Å². The van der Waals surface area contributed by atoms with Crippen LogP contribution in [0.5, 0.6) is 5.75 Å². The Morgan fingerprint density at radius 3 is 2.69 bits per heavy atom. The second kappa shape index (κ2) is 6.83. The molecule has 26 heavy (non-hydrogen) atoms. The Morgan fingerprint density at radius 2 is 2.15 bits per heavy atom. The fourth-order valence-corrected chi connectivity index (χ4v) is 2.93. The highest BCUT2D eigenvalue weighted by molar-refractivity contribution is 6.58. The van der Waals surface area contributed by atoms with E-state index in [0.29, 0.717) is 10.6 Å². The smallest absolute Gasteiger partial charge is 0.377 e. The average Bonchev–Trinajstić information content (AvgIpc) is 3.17. The highest BCUT2D eigenvalue weighted by Crippen LogP contribution is 2.43. The number of benzene rings is 1. The number of ether oxygens (including phenoxy) is 1. The minimum atomic E-state index is -0.764. The van der Waals surface area contributed by atoms with E-state index in [-0.39, 0.29) is 17.1 Å². The van der Waals surface area contributed by atoms with Gasteiger partial charge in [-0.15, -0.1) is 0 Å². The number of nitrogens with zero attached hydrogens (tertiary/aromatic N) is 4. The SMILES string of the molecule is C=C[n+]1ccn(C(=C(Cl)Cl)/C(=C2\Oc3cccc(C)c3N2[O-])[N+](=O)[O-])c1. The third kappa shape index (κ3) is 2.94. The van der Waals surface area contributed by atoms with Gasteiger partial charge in [0.15, 0.2) is 10.2 Å². The van der Waals surface area contributed by atoms with E-state index in [1.807, 2.05) is 0 Å². The lowest BCUT2D eigenvalue weighted by atomic mass is 10.2. The number of para-hydroxylation sites is 1. The maximum absolute atomic E-state index is 12.7. The first-order chi connectivity index (χ1) is 12.3. The standard InChI is InChI=1S/C16H12Cl2N4O4/c1-3-19-7-8-20(9-19)13(15(17)18)14(22(24)25)16-21(23)12-10(2)5-4-6-11(12)26-16/h3-9H,1H2,2H3/b16-14+. The summed E-state index contributed by atoms with van der Waals surface area (Å²) in [5, 5.41) is 24.8. The topological polar surface area (TPSA) is 87.5 Å². The number of aryl methyl sites for hydroxylation is 1. The van der Waals surface area contributed by atoms with Crippen LogP contribution >= 0.6 is 23.2 Å². The normalized spacial score (nSPS) is 14.5. The zero-order valence-electron chi connectivity index (χ0n) is 13.4. The molecule has 2 heterocycles. The molecule has 0 atom stereocenters. The number of nitro groups is 1. The minimum absolute atomic E-state index is 0.195. The number of allylic oxidation sites excluding steroid dienone is 1.